The van der Waals surface area contributed by atoms with Crippen LogP contribution in [0.4, 0.5) is 0 Å². The van der Waals surface area contributed by atoms with E-state index in [1.165, 1.54) is 0 Å². The second-order valence-electron chi connectivity index (χ2n) is 4.79. The summed E-state index contributed by atoms with van der Waals surface area (Å²) in [5, 5.41) is 9.61. The van der Waals surface area contributed by atoms with E-state index in [0.717, 1.165) is 31.2 Å². The van der Waals surface area contributed by atoms with Gasteiger partial charge >= 0.3 is 5.97 Å². The predicted octanol–water partition coefficient (Wildman–Crippen LogP) is 3.22. The highest BCUT2D eigenvalue weighted by Gasteiger charge is 2.46. The topological polar surface area (TPSA) is 37.3 Å². The SMILES string of the molecule is CC1CCCCC1(C(=O)O)c1ccccc1. The Morgan fingerprint density at radius 1 is 1.31 bits per heavy atom. The second-order valence-corrected chi connectivity index (χ2v) is 4.79. The number of hydrogen-bond acceptors (Lipinski definition) is 1. The molecule has 1 fully saturated rings. The van der Waals surface area contributed by atoms with Gasteiger partial charge in [0.2, 0.25) is 0 Å². The highest BCUT2D eigenvalue weighted by Crippen LogP contribution is 2.43. The first kappa shape index (κ1) is 11.2. The molecule has 2 atom stereocenters. The lowest BCUT2D eigenvalue weighted by Crippen LogP contribution is -2.44. The van der Waals surface area contributed by atoms with Crippen LogP contribution in [-0.2, 0) is 10.2 Å². The molecule has 2 rings (SSSR count). The lowest BCUT2D eigenvalue weighted by molar-refractivity contribution is -0.147. The van der Waals surface area contributed by atoms with Crippen LogP contribution in [0.3, 0.4) is 0 Å². The molecule has 1 aromatic carbocycles. The zero-order valence-electron chi connectivity index (χ0n) is 9.65. The maximum atomic E-state index is 11.7. The Labute approximate surface area is 96.3 Å². The summed E-state index contributed by atoms with van der Waals surface area (Å²) in [5.41, 5.74) is 0.314. The number of aliphatic carboxylic acids is 1. The Kier molecular flexibility index (Phi) is 2.99. The molecule has 0 aromatic heterocycles. The van der Waals surface area contributed by atoms with Gasteiger partial charge in [0.05, 0.1) is 5.41 Å². The van der Waals surface area contributed by atoms with Gasteiger partial charge in [-0.2, -0.15) is 0 Å². The summed E-state index contributed by atoms with van der Waals surface area (Å²) in [6, 6.07) is 9.71. The number of benzene rings is 1. The van der Waals surface area contributed by atoms with Gasteiger partial charge in [0.25, 0.3) is 0 Å². The van der Waals surface area contributed by atoms with E-state index in [-0.39, 0.29) is 5.92 Å². The molecular weight excluding hydrogens is 200 g/mol. The summed E-state index contributed by atoms with van der Waals surface area (Å²) in [4.78, 5) is 11.7. The van der Waals surface area contributed by atoms with Gasteiger partial charge in [-0.1, -0.05) is 50.1 Å². The molecule has 2 heteroatoms. The van der Waals surface area contributed by atoms with Crippen molar-refractivity contribution in [3.8, 4) is 0 Å². The third-order valence-corrected chi connectivity index (χ3v) is 3.97. The smallest absolute Gasteiger partial charge is 0.314 e. The van der Waals surface area contributed by atoms with E-state index in [9.17, 15) is 9.90 Å². The second kappa shape index (κ2) is 4.28. The molecular formula is C14H18O2. The molecule has 2 nitrogen and oxygen atoms in total. The van der Waals surface area contributed by atoms with E-state index in [2.05, 4.69) is 6.92 Å². The summed E-state index contributed by atoms with van der Waals surface area (Å²) in [5.74, 6) is -0.438. The van der Waals surface area contributed by atoms with Crippen LogP contribution in [-0.4, -0.2) is 11.1 Å². The minimum absolute atomic E-state index is 0.223. The van der Waals surface area contributed by atoms with E-state index in [0.29, 0.717) is 0 Å². The standard InChI is InChI=1S/C14H18O2/c1-11-7-5-6-10-14(11,13(15)16)12-8-3-2-4-9-12/h2-4,8-9,11H,5-7,10H2,1H3,(H,15,16). The van der Waals surface area contributed by atoms with Crippen molar-refractivity contribution in [2.24, 2.45) is 5.92 Å². The fourth-order valence-corrected chi connectivity index (χ4v) is 2.95. The van der Waals surface area contributed by atoms with Crippen molar-refractivity contribution in [2.75, 3.05) is 0 Å². The van der Waals surface area contributed by atoms with Gasteiger partial charge in [-0.05, 0) is 24.3 Å². The average molecular weight is 218 g/mol. The highest BCUT2D eigenvalue weighted by molar-refractivity contribution is 5.82. The summed E-state index contributed by atoms with van der Waals surface area (Å²) >= 11 is 0. The summed E-state index contributed by atoms with van der Waals surface area (Å²) in [7, 11) is 0. The fourth-order valence-electron chi connectivity index (χ4n) is 2.95. The molecule has 0 saturated heterocycles. The molecule has 0 heterocycles. The van der Waals surface area contributed by atoms with E-state index >= 15 is 0 Å². The highest BCUT2D eigenvalue weighted by atomic mass is 16.4. The molecule has 1 aliphatic carbocycles. The van der Waals surface area contributed by atoms with Gasteiger partial charge in [-0.3, -0.25) is 4.79 Å². The molecule has 1 aliphatic rings. The largest absolute Gasteiger partial charge is 0.481 e. The average Bonchev–Trinajstić information content (AvgIpc) is 2.30. The molecule has 16 heavy (non-hydrogen) atoms. The Bertz CT molecular complexity index is 372. The molecule has 0 amide bonds. The van der Waals surface area contributed by atoms with Crippen molar-refractivity contribution in [3.63, 3.8) is 0 Å². The number of rotatable bonds is 2. The lowest BCUT2D eigenvalue weighted by Gasteiger charge is -2.39. The molecule has 1 N–H and O–H groups in total. The van der Waals surface area contributed by atoms with Gasteiger partial charge in [-0.25, -0.2) is 0 Å². The first-order valence-electron chi connectivity index (χ1n) is 5.97. The van der Waals surface area contributed by atoms with E-state index in [1.54, 1.807) is 0 Å². The number of carboxylic acids is 1. The molecule has 2 unspecified atom stereocenters. The quantitative estimate of drug-likeness (QED) is 0.827. The molecule has 0 radical (unpaired) electrons. The van der Waals surface area contributed by atoms with Crippen molar-refractivity contribution in [1.82, 2.24) is 0 Å². The minimum Gasteiger partial charge on any atom is -0.481 e. The normalized spacial score (nSPS) is 29.9. The minimum atomic E-state index is -0.661. The van der Waals surface area contributed by atoms with Crippen molar-refractivity contribution < 1.29 is 9.90 Å². The number of carboxylic acid groups (broad SMARTS) is 1. The maximum Gasteiger partial charge on any atom is 0.314 e. The van der Waals surface area contributed by atoms with Crippen molar-refractivity contribution in [2.45, 2.75) is 38.0 Å². The van der Waals surface area contributed by atoms with Crippen LogP contribution in [0.1, 0.15) is 38.2 Å². The summed E-state index contributed by atoms with van der Waals surface area (Å²) in [6.07, 6.45) is 3.96. The Morgan fingerprint density at radius 2 is 2.00 bits per heavy atom. The number of hydrogen-bond donors (Lipinski definition) is 1. The predicted molar refractivity (Wildman–Crippen MR) is 63.4 cm³/mol. The Balaban J connectivity index is 2.46. The Morgan fingerprint density at radius 3 is 2.56 bits per heavy atom. The third kappa shape index (κ3) is 1.62. The van der Waals surface area contributed by atoms with Crippen molar-refractivity contribution in [1.29, 1.82) is 0 Å². The van der Waals surface area contributed by atoms with Crippen LogP contribution in [0, 0.1) is 5.92 Å². The van der Waals surface area contributed by atoms with Crippen molar-refractivity contribution in [3.05, 3.63) is 35.9 Å². The first-order chi connectivity index (χ1) is 7.68. The lowest BCUT2D eigenvalue weighted by atomic mass is 9.63. The summed E-state index contributed by atoms with van der Waals surface area (Å²) in [6.45, 7) is 2.07. The maximum absolute atomic E-state index is 11.7. The van der Waals surface area contributed by atoms with Crippen LogP contribution in [0.25, 0.3) is 0 Å². The van der Waals surface area contributed by atoms with Gasteiger partial charge < -0.3 is 5.11 Å². The van der Waals surface area contributed by atoms with Gasteiger partial charge in [0.1, 0.15) is 0 Å². The Hall–Kier alpha value is -1.31. The fraction of sp³-hybridized carbons (Fsp3) is 0.500. The summed E-state index contributed by atoms with van der Waals surface area (Å²) < 4.78 is 0. The van der Waals surface area contributed by atoms with Gasteiger partial charge in [0.15, 0.2) is 0 Å². The molecule has 1 aromatic rings. The molecule has 1 saturated carbocycles. The van der Waals surface area contributed by atoms with E-state index < -0.39 is 11.4 Å². The zero-order chi connectivity index (χ0) is 11.6. The van der Waals surface area contributed by atoms with Crippen LogP contribution in [0.2, 0.25) is 0 Å². The van der Waals surface area contributed by atoms with Crippen LogP contribution >= 0.6 is 0 Å². The monoisotopic (exact) mass is 218 g/mol. The van der Waals surface area contributed by atoms with Crippen LogP contribution < -0.4 is 0 Å². The van der Waals surface area contributed by atoms with E-state index in [1.807, 2.05) is 30.3 Å². The van der Waals surface area contributed by atoms with Gasteiger partial charge in [-0.15, -0.1) is 0 Å². The third-order valence-electron chi connectivity index (χ3n) is 3.97. The molecule has 0 spiro atoms. The van der Waals surface area contributed by atoms with E-state index in [4.69, 9.17) is 0 Å². The molecule has 86 valence electrons. The molecule has 0 bridgehead atoms. The van der Waals surface area contributed by atoms with Gasteiger partial charge in [0, 0.05) is 0 Å². The van der Waals surface area contributed by atoms with Crippen LogP contribution in [0.15, 0.2) is 30.3 Å². The van der Waals surface area contributed by atoms with Crippen LogP contribution in [0.5, 0.6) is 0 Å². The zero-order valence-corrected chi connectivity index (χ0v) is 9.65. The number of carbonyl (C=O) groups is 1. The molecule has 0 aliphatic heterocycles. The van der Waals surface area contributed by atoms with Crippen molar-refractivity contribution >= 4 is 5.97 Å². The first-order valence-corrected chi connectivity index (χ1v) is 5.97.